The third kappa shape index (κ3) is 5.65. The Kier molecular flexibility index (Phi) is 8.02. The molecular formula is C26H30F2N4O5S. The molecule has 1 atom stereocenters. The molecule has 9 nitrogen and oxygen atoms in total. The first-order valence-electron chi connectivity index (χ1n) is 12.0. The third-order valence-electron chi connectivity index (χ3n) is 6.56. The summed E-state index contributed by atoms with van der Waals surface area (Å²) in [6, 6.07) is 5.65. The maximum Gasteiger partial charge on any atom is 0.280 e. The summed E-state index contributed by atoms with van der Waals surface area (Å²) in [6.07, 6.45) is 3.78. The minimum Gasteiger partial charge on any atom is -0.383 e. The molecule has 0 radical (unpaired) electrons. The molecule has 0 spiro atoms. The van der Waals surface area contributed by atoms with Gasteiger partial charge in [0.1, 0.15) is 23.4 Å². The largest absolute Gasteiger partial charge is 0.383 e. The summed E-state index contributed by atoms with van der Waals surface area (Å²) in [6.45, 7) is 2.32. The van der Waals surface area contributed by atoms with Crippen molar-refractivity contribution in [1.82, 2.24) is 15.0 Å². The molecule has 38 heavy (non-hydrogen) atoms. The van der Waals surface area contributed by atoms with E-state index in [-0.39, 0.29) is 35.9 Å². The number of rotatable bonds is 8. The molecule has 4 rings (SSSR count). The molecule has 3 aromatic rings. The molecule has 204 valence electrons. The Labute approximate surface area is 219 Å². The Balaban J connectivity index is 1.68. The van der Waals surface area contributed by atoms with Crippen LogP contribution in [0.2, 0.25) is 0 Å². The van der Waals surface area contributed by atoms with Crippen LogP contribution in [0.15, 0.2) is 44.5 Å². The second kappa shape index (κ2) is 11.1. The van der Waals surface area contributed by atoms with E-state index in [1.54, 1.807) is 19.2 Å². The van der Waals surface area contributed by atoms with E-state index in [4.69, 9.17) is 9.26 Å². The molecule has 0 saturated heterocycles. The van der Waals surface area contributed by atoms with Gasteiger partial charge < -0.3 is 19.5 Å². The van der Waals surface area contributed by atoms with Gasteiger partial charge in [0.2, 0.25) is 5.91 Å². The van der Waals surface area contributed by atoms with Gasteiger partial charge in [-0.3, -0.25) is 19.4 Å². The first kappa shape index (κ1) is 27.5. The van der Waals surface area contributed by atoms with Gasteiger partial charge in [-0.1, -0.05) is 13.0 Å². The number of carbonyl (C=O) groups excluding carboxylic acids is 2. The van der Waals surface area contributed by atoms with Crippen LogP contribution in [0.1, 0.15) is 35.7 Å². The molecule has 1 aliphatic rings. The normalized spacial score (nSPS) is 15.7. The summed E-state index contributed by atoms with van der Waals surface area (Å²) in [4.78, 5) is 44.2. The zero-order valence-corrected chi connectivity index (χ0v) is 22.4. The highest BCUT2D eigenvalue weighted by Crippen LogP contribution is 2.51. The molecule has 0 unspecified atom stereocenters. The molecule has 2 amide bonds. The summed E-state index contributed by atoms with van der Waals surface area (Å²) < 4.78 is 40.2. The van der Waals surface area contributed by atoms with Crippen molar-refractivity contribution in [1.29, 1.82) is 0 Å². The van der Waals surface area contributed by atoms with Gasteiger partial charge in [-0.25, -0.2) is 18.8 Å². The van der Waals surface area contributed by atoms with Gasteiger partial charge in [-0.15, -0.1) is 0 Å². The zero-order chi connectivity index (χ0) is 27.6. The number of H-pyrrole nitrogens is 1. The van der Waals surface area contributed by atoms with Crippen LogP contribution in [0.5, 0.6) is 0 Å². The number of fused-ring (bicyclic) bond motifs is 1. The number of methoxy groups -OCH3 is 1. The van der Waals surface area contributed by atoms with E-state index < -0.39 is 45.1 Å². The van der Waals surface area contributed by atoms with Gasteiger partial charge in [0.15, 0.2) is 0 Å². The topological polar surface area (TPSA) is 118 Å². The highest BCUT2D eigenvalue weighted by atomic mass is 32.3. The van der Waals surface area contributed by atoms with Crippen molar-refractivity contribution in [2.24, 2.45) is 0 Å². The fourth-order valence-electron chi connectivity index (χ4n) is 4.48. The number of aromatic amines is 1. The number of nitrogens with zero attached hydrogens (tertiary/aromatic N) is 2. The van der Waals surface area contributed by atoms with Crippen LogP contribution < -0.4 is 10.9 Å². The Hall–Kier alpha value is -3.51. The predicted molar refractivity (Wildman–Crippen MR) is 139 cm³/mol. The fraction of sp³-hybridized carbons (Fsp3) is 0.385. The highest BCUT2D eigenvalue weighted by molar-refractivity contribution is 8.32. The zero-order valence-electron chi connectivity index (χ0n) is 21.6. The van der Waals surface area contributed by atoms with E-state index in [2.05, 4.69) is 15.5 Å². The number of amides is 2. The lowest BCUT2D eigenvalue weighted by atomic mass is 9.94. The lowest BCUT2D eigenvalue weighted by molar-refractivity contribution is -0.139. The SMILES string of the molecule is CCS(C)(C)c1c(F)cc(NC(=O)[C@H]2c3ccc(COC)nc3CCN2C(=O)Cc2cc(=O)[nH]o2)cc1F. The summed E-state index contributed by atoms with van der Waals surface area (Å²) in [5.74, 6) is -1.84. The molecule has 0 fully saturated rings. The number of benzene rings is 1. The number of hydrogen-bond donors (Lipinski definition) is 2. The number of aromatic nitrogens is 2. The molecule has 0 aliphatic carbocycles. The molecule has 0 bridgehead atoms. The van der Waals surface area contributed by atoms with Crippen molar-refractivity contribution in [2.45, 2.75) is 37.3 Å². The van der Waals surface area contributed by atoms with Crippen LogP contribution in [-0.4, -0.2) is 58.8 Å². The fourth-order valence-corrected chi connectivity index (χ4v) is 5.95. The third-order valence-corrected chi connectivity index (χ3v) is 9.50. The average molecular weight is 549 g/mol. The maximum atomic E-state index is 15.0. The number of anilines is 1. The highest BCUT2D eigenvalue weighted by Gasteiger charge is 2.37. The molecular weight excluding hydrogens is 518 g/mol. The maximum absolute atomic E-state index is 15.0. The number of hydrogen-bond acceptors (Lipinski definition) is 6. The van der Waals surface area contributed by atoms with Gasteiger partial charge >= 0.3 is 0 Å². The summed E-state index contributed by atoms with van der Waals surface area (Å²) >= 11 is 0. The number of carbonyl (C=O) groups is 2. The van der Waals surface area contributed by atoms with Crippen LogP contribution in [0.4, 0.5) is 14.5 Å². The van der Waals surface area contributed by atoms with E-state index in [0.717, 1.165) is 18.2 Å². The lowest BCUT2D eigenvalue weighted by Gasteiger charge is -2.36. The standard InChI is InChI=1S/C26H30F2N4O5S/c1-5-38(3,4)25-19(27)10-16(11-20(25)28)30-26(35)24-18-7-6-15(14-36-2)29-21(18)8-9-32(24)23(34)13-17-12-22(33)31-37-17/h6-7,10-12,24H,5,8-9,13-14H2,1-4H3,(H,30,35)(H,31,33)/t24-/m1/s1. The number of ether oxygens (including phenoxy) is 1. The predicted octanol–water partition coefficient (Wildman–Crippen LogP) is 3.54. The summed E-state index contributed by atoms with van der Waals surface area (Å²) in [7, 11) is -0.144. The van der Waals surface area contributed by atoms with Crippen LogP contribution in [0.25, 0.3) is 0 Å². The minimum absolute atomic E-state index is 0.0284. The molecule has 2 N–H and O–H groups in total. The van der Waals surface area contributed by atoms with Crippen LogP contribution in [0, 0.1) is 11.6 Å². The van der Waals surface area contributed by atoms with Crippen molar-refractivity contribution in [3.05, 3.63) is 75.0 Å². The smallest absolute Gasteiger partial charge is 0.280 e. The van der Waals surface area contributed by atoms with Crippen molar-refractivity contribution in [3.63, 3.8) is 0 Å². The van der Waals surface area contributed by atoms with Gasteiger partial charge in [0, 0.05) is 43.1 Å². The van der Waals surface area contributed by atoms with Crippen molar-refractivity contribution in [2.75, 3.05) is 37.2 Å². The van der Waals surface area contributed by atoms with Gasteiger partial charge in [-0.2, -0.15) is 5.16 Å². The summed E-state index contributed by atoms with van der Waals surface area (Å²) in [5, 5.41) is 4.72. The first-order valence-corrected chi connectivity index (χ1v) is 14.6. The van der Waals surface area contributed by atoms with Crippen LogP contribution in [-0.2, 0) is 33.8 Å². The van der Waals surface area contributed by atoms with E-state index >= 15 is 0 Å². The van der Waals surface area contributed by atoms with Crippen molar-refractivity contribution < 1.29 is 27.6 Å². The molecule has 2 aromatic heterocycles. The molecule has 3 heterocycles. The van der Waals surface area contributed by atoms with Crippen LogP contribution in [0.3, 0.4) is 0 Å². The average Bonchev–Trinajstić information content (AvgIpc) is 3.26. The van der Waals surface area contributed by atoms with E-state index in [1.807, 2.05) is 19.4 Å². The van der Waals surface area contributed by atoms with Crippen molar-refractivity contribution in [3.8, 4) is 0 Å². The molecule has 1 aromatic carbocycles. The number of nitrogens with one attached hydrogen (secondary N) is 2. The lowest BCUT2D eigenvalue weighted by Crippen LogP contribution is -2.46. The first-order chi connectivity index (χ1) is 18.0. The molecule has 1 aliphatic heterocycles. The second-order valence-electron chi connectivity index (χ2n) is 9.45. The quantitative estimate of drug-likeness (QED) is 0.445. The van der Waals surface area contributed by atoms with Gasteiger partial charge in [0.05, 0.1) is 23.6 Å². The van der Waals surface area contributed by atoms with Crippen LogP contribution >= 0.6 is 10.0 Å². The Morgan fingerprint density at radius 1 is 1.24 bits per heavy atom. The van der Waals surface area contributed by atoms with E-state index in [0.29, 0.717) is 29.1 Å². The van der Waals surface area contributed by atoms with Crippen molar-refractivity contribution >= 4 is 27.5 Å². The Bertz CT molecular complexity index is 1400. The minimum atomic E-state index is -1.69. The Morgan fingerprint density at radius 2 is 1.95 bits per heavy atom. The monoisotopic (exact) mass is 548 g/mol. The van der Waals surface area contributed by atoms with E-state index in [9.17, 15) is 23.2 Å². The van der Waals surface area contributed by atoms with Gasteiger partial charge in [-0.05, 0) is 36.5 Å². The number of pyridine rings is 1. The molecule has 0 saturated carbocycles. The summed E-state index contributed by atoms with van der Waals surface area (Å²) in [5.41, 5.74) is 1.24. The van der Waals surface area contributed by atoms with Gasteiger partial charge in [0.25, 0.3) is 11.5 Å². The Morgan fingerprint density at radius 3 is 2.55 bits per heavy atom. The molecule has 12 heteroatoms. The van der Waals surface area contributed by atoms with E-state index in [1.165, 1.54) is 4.90 Å². The second-order valence-corrected chi connectivity index (χ2v) is 13.5. The number of halogens is 2.